The van der Waals surface area contributed by atoms with Gasteiger partial charge in [-0.1, -0.05) is 44.2 Å². The molecule has 13 heteroatoms. The lowest BCUT2D eigenvalue weighted by molar-refractivity contribution is -0.143. The number of primary amides is 1. The zero-order valence-electron chi connectivity index (χ0n) is 23.3. The standard InChI is InChI=1S/C29H36N6O7/c1-15(2)25(29(41)42)35-28(40)23(12-17-14-32-21-6-4-3-5-19(17)21)34-27(39)22(11-16-7-9-18(36)10-8-16)33-26(38)20(30)13-24(31)37/h3-10,14-15,20,22-23,25,32,36H,11-13,30H2,1-2H3,(H2,31,37)(H,33,38)(H,34,39)(H,35,40)(H,41,42). The van der Waals surface area contributed by atoms with Crippen LogP contribution in [0.25, 0.3) is 10.9 Å². The molecule has 0 aliphatic heterocycles. The minimum absolute atomic E-state index is 0.000805. The summed E-state index contributed by atoms with van der Waals surface area (Å²) in [6, 6.07) is 8.30. The van der Waals surface area contributed by atoms with Gasteiger partial charge in [-0.2, -0.15) is 0 Å². The van der Waals surface area contributed by atoms with E-state index in [0.717, 1.165) is 10.9 Å². The fourth-order valence-corrected chi connectivity index (χ4v) is 4.43. The van der Waals surface area contributed by atoms with Crippen molar-refractivity contribution < 1.29 is 34.2 Å². The zero-order chi connectivity index (χ0) is 31.0. The first-order chi connectivity index (χ1) is 19.8. The summed E-state index contributed by atoms with van der Waals surface area (Å²) in [7, 11) is 0. The predicted molar refractivity (Wildman–Crippen MR) is 154 cm³/mol. The van der Waals surface area contributed by atoms with Gasteiger partial charge in [0.25, 0.3) is 0 Å². The topological polar surface area (TPSA) is 230 Å². The first-order valence-electron chi connectivity index (χ1n) is 13.4. The van der Waals surface area contributed by atoms with Crippen LogP contribution in [-0.2, 0) is 36.8 Å². The number of nitrogens with two attached hydrogens (primary N) is 2. The van der Waals surface area contributed by atoms with Crippen LogP contribution in [0.1, 0.15) is 31.4 Å². The molecule has 1 aromatic heterocycles. The van der Waals surface area contributed by atoms with E-state index in [0.29, 0.717) is 11.1 Å². The minimum atomic E-state index is -1.31. The highest BCUT2D eigenvalue weighted by atomic mass is 16.4. The molecule has 1 heterocycles. The van der Waals surface area contributed by atoms with Crippen molar-refractivity contribution in [2.24, 2.45) is 17.4 Å². The van der Waals surface area contributed by atoms with Gasteiger partial charge in [-0.15, -0.1) is 0 Å². The fraction of sp³-hybridized carbons (Fsp3) is 0.345. The maximum Gasteiger partial charge on any atom is 0.326 e. The molecule has 0 saturated carbocycles. The van der Waals surface area contributed by atoms with Crippen LogP contribution >= 0.6 is 0 Å². The molecule has 0 saturated heterocycles. The highest BCUT2D eigenvalue weighted by Crippen LogP contribution is 2.20. The average molecular weight is 581 g/mol. The zero-order valence-corrected chi connectivity index (χ0v) is 23.3. The number of hydrogen-bond acceptors (Lipinski definition) is 7. The monoisotopic (exact) mass is 580 g/mol. The average Bonchev–Trinajstić information content (AvgIpc) is 3.33. The molecule has 2 aromatic carbocycles. The summed E-state index contributed by atoms with van der Waals surface area (Å²) in [5.74, 6) is -4.75. The van der Waals surface area contributed by atoms with Crippen LogP contribution in [0.2, 0.25) is 0 Å². The third-order valence-electron chi connectivity index (χ3n) is 6.73. The van der Waals surface area contributed by atoms with E-state index in [1.165, 1.54) is 12.1 Å². The molecule has 0 bridgehead atoms. The van der Waals surface area contributed by atoms with E-state index < -0.39 is 66.1 Å². The summed E-state index contributed by atoms with van der Waals surface area (Å²) in [6.45, 7) is 3.29. The fourth-order valence-electron chi connectivity index (χ4n) is 4.43. The number of aromatic hydroxyl groups is 1. The number of phenolic OH excluding ortho intramolecular Hbond substituents is 1. The van der Waals surface area contributed by atoms with Gasteiger partial charge in [0, 0.05) is 29.9 Å². The molecular formula is C29H36N6O7. The van der Waals surface area contributed by atoms with Crippen LogP contribution in [0.15, 0.2) is 54.7 Å². The molecule has 13 nitrogen and oxygen atoms in total. The number of carbonyl (C=O) groups is 5. The van der Waals surface area contributed by atoms with Crippen molar-refractivity contribution >= 4 is 40.5 Å². The second-order valence-corrected chi connectivity index (χ2v) is 10.4. The summed E-state index contributed by atoms with van der Waals surface area (Å²) in [5.41, 5.74) is 13.0. The van der Waals surface area contributed by atoms with Gasteiger partial charge in [-0.3, -0.25) is 19.2 Å². The summed E-state index contributed by atoms with van der Waals surface area (Å²) in [5, 5.41) is 27.8. The molecule has 3 rings (SSSR count). The number of phenols is 1. The van der Waals surface area contributed by atoms with Gasteiger partial charge in [-0.05, 0) is 35.2 Å². The quantitative estimate of drug-likeness (QED) is 0.130. The number of carbonyl (C=O) groups excluding carboxylic acids is 4. The molecule has 4 amide bonds. The smallest absolute Gasteiger partial charge is 0.326 e. The Morgan fingerprint density at radius 3 is 2.07 bits per heavy atom. The molecule has 0 aliphatic rings. The van der Waals surface area contributed by atoms with Crippen molar-refractivity contribution in [3.63, 3.8) is 0 Å². The molecule has 0 radical (unpaired) electrons. The van der Waals surface area contributed by atoms with E-state index in [4.69, 9.17) is 11.5 Å². The number of benzene rings is 2. The molecule has 10 N–H and O–H groups in total. The molecule has 0 aliphatic carbocycles. The maximum atomic E-state index is 13.6. The Morgan fingerprint density at radius 2 is 1.45 bits per heavy atom. The highest BCUT2D eigenvalue weighted by Gasteiger charge is 2.32. The second-order valence-electron chi connectivity index (χ2n) is 10.4. The number of aromatic amines is 1. The van der Waals surface area contributed by atoms with E-state index in [2.05, 4.69) is 20.9 Å². The highest BCUT2D eigenvalue weighted by molar-refractivity contribution is 5.95. The van der Waals surface area contributed by atoms with Crippen molar-refractivity contribution in [3.8, 4) is 5.75 Å². The SMILES string of the molecule is CC(C)C(NC(=O)C(Cc1c[nH]c2ccccc12)NC(=O)C(Cc1ccc(O)cc1)NC(=O)C(N)CC(N)=O)C(=O)O. The molecule has 0 fully saturated rings. The van der Waals surface area contributed by atoms with Crippen molar-refractivity contribution in [1.29, 1.82) is 0 Å². The molecule has 0 spiro atoms. The molecule has 224 valence electrons. The number of carboxylic acid groups (broad SMARTS) is 1. The Bertz CT molecular complexity index is 1440. The van der Waals surface area contributed by atoms with Gasteiger partial charge < -0.3 is 42.6 Å². The molecule has 42 heavy (non-hydrogen) atoms. The van der Waals surface area contributed by atoms with Crippen LogP contribution in [0.3, 0.4) is 0 Å². The second kappa shape index (κ2) is 14.1. The van der Waals surface area contributed by atoms with Crippen LogP contribution in [0.4, 0.5) is 0 Å². The summed E-state index contributed by atoms with van der Waals surface area (Å²) < 4.78 is 0. The van der Waals surface area contributed by atoms with Crippen LogP contribution in [-0.4, -0.2) is 69.0 Å². The Balaban J connectivity index is 1.91. The third-order valence-corrected chi connectivity index (χ3v) is 6.73. The Hall–Kier alpha value is -4.91. The Morgan fingerprint density at radius 1 is 0.857 bits per heavy atom. The molecule has 3 aromatic rings. The van der Waals surface area contributed by atoms with E-state index in [1.54, 1.807) is 32.2 Å². The minimum Gasteiger partial charge on any atom is -0.508 e. The van der Waals surface area contributed by atoms with Gasteiger partial charge >= 0.3 is 5.97 Å². The van der Waals surface area contributed by atoms with Gasteiger partial charge in [-0.25, -0.2) is 4.79 Å². The van der Waals surface area contributed by atoms with E-state index in [9.17, 15) is 34.2 Å². The van der Waals surface area contributed by atoms with E-state index in [-0.39, 0.29) is 18.6 Å². The first-order valence-corrected chi connectivity index (χ1v) is 13.4. The normalized spacial score (nSPS) is 14.0. The number of hydrogen-bond donors (Lipinski definition) is 8. The van der Waals surface area contributed by atoms with E-state index >= 15 is 0 Å². The maximum absolute atomic E-state index is 13.6. The van der Waals surface area contributed by atoms with Gasteiger partial charge in [0.05, 0.1) is 12.5 Å². The molecule has 4 atom stereocenters. The molecule has 4 unspecified atom stereocenters. The number of nitrogens with one attached hydrogen (secondary N) is 4. The Labute approximate surface area is 242 Å². The lowest BCUT2D eigenvalue weighted by atomic mass is 10.00. The van der Waals surface area contributed by atoms with Gasteiger partial charge in [0.1, 0.15) is 23.9 Å². The largest absolute Gasteiger partial charge is 0.508 e. The van der Waals surface area contributed by atoms with Crippen LogP contribution < -0.4 is 27.4 Å². The van der Waals surface area contributed by atoms with Crippen molar-refractivity contribution in [2.45, 2.75) is 57.3 Å². The Kier molecular flexibility index (Phi) is 10.6. The number of amides is 4. The van der Waals surface area contributed by atoms with Gasteiger partial charge in [0.15, 0.2) is 0 Å². The number of aliphatic carboxylic acids is 1. The van der Waals surface area contributed by atoms with Crippen LogP contribution in [0.5, 0.6) is 5.75 Å². The number of para-hydroxylation sites is 1. The van der Waals surface area contributed by atoms with Crippen LogP contribution in [0, 0.1) is 5.92 Å². The third kappa shape index (κ3) is 8.54. The number of H-pyrrole nitrogens is 1. The number of aromatic nitrogens is 1. The first kappa shape index (κ1) is 31.6. The predicted octanol–water partition coefficient (Wildman–Crippen LogP) is 0.0564. The number of fused-ring (bicyclic) bond motifs is 1. The number of rotatable bonds is 14. The van der Waals surface area contributed by atoms with Crippen molar-refractivity contribution in [3.05, 3.63) is 65.9 Å². The molecular weight excluding hydrogens is 544 g/mol. The van der Waals surface area contributed by atoms with Crippen molar-refractivity contribution in [1.82, 2.24) is 20.9 Å². The van der Waals surface area contributed by atoms with E-state index in [1.807, 2.05) is 24.3 Å². The lowest BCUT2D eigenvalue weighted by Gasteiger charge is -2.26. The summed E-state index contributed by atoms with van der Waals surface area (Å²) >= 11 is 0. The lowest BCUT2D eigenvalue weighted by Crippen LogP contribution is -2.58. The number of carboxylic acids is 1. The van der Waals surface area contributed by atoms with Crippen molar-refractivity contribution in [2.75, 3.05) is 0 Å². The summed E-state index contributed by atoms with van der Waals surface area (Å²) in [4.78, 5) is 66.0. The summed E-state index contributed by atoms with van der Waals surface area (Å²) in [6.07, 6.45) is 1.21. The van der Waals surface area contributed by atoms with Gasteiger partial charge in [0.2, 0.25) is 23.6 Å².